The standard InChI is InChI=1S/C17H20FNS.C16H16FN3.C15H21NO.C15H21N.C14H20O.C12H13N3.C11H16N2O2.C9H12N4.C9H12N2OS.4CH4/c1-17(2,3)13-5-4-6-14-15(13)20-16(19-14)11-7-9-12(18)10-8-11;1-16(2,3)15-18-8-7-13(20-15)14-9-10-11(17)5-4-6-12(10)19-14;1-6-16-12-8-7-10(2)9-11(12)13(14(16)17)15(3,4)5;1-11-10-16-14(15(2,3)4)13(11)12-8-6-5-7-9-12;1-14(2,3)12-9-8-10-6-4-5-7-11(10)13(12)15;1-12(2,3)10-7-14-15-8-9(6-13)4-5-11(10)15;1-11(2,3)9-4-6-13(12-9)8-5-7-15-10(8)14;1-9(2,3)7-6-4-12-13-8(6)11-5-10-7;1-9(2,3)8-11-5-4-10-7(12)6(5)13-8;;;;/h7-10,13H,4-6H2,1-3H3;4-9,19H,1-3H3;7-9,13H,6H2,1-5H3;5-9,14,16H,10H2,1-4H3;4-7,12-13,15H,8-9H2,1-3H3;4-5,7-8H,1-3H3;4,6,8H,5,7H2,1-3H3;4-5,7H,1-3H3;4H2,1-3H3,(H,10,12);4*1H4. The lowest BCUT2D eigenvalue weighted by atomic mass is 9.69. The van der Waals surface area contributed by atoms with Crippen LogP contribution in [0.2, 0.25) is 0 Å². The fourth-order valence-electron chi connectivity index (χ4n) is 18.9. The number of azo groups is 1. The van der Waals surface area contributed by atoms with E-state index in [0.29, 0.717) is 42.0 Å². The fraction of sp³-hybridized carbons (Fsp3) is 0.492. The Morgan fingerprint density at radius 1 is 0.635 bits per heavy atom. The number of aromatic amines is 1. The van der Waals surface area contributed by atoms with Crippen molar-refractivity contribution in [1.29, 1.82) is 5.26 Å². The molecule has 13 heterocycles. The summed E-state index contributed by atoms with van der Waals surface area (Å²) in [5.74, 6) is 2.16. The number of halogens is 2. The van der Waals surface area contributed by atoms with Crippen LogP contribution in [0.4, 0.5) is 14.5 Å². The van der Waals surface area contributed by atoms with Crippen molar-refractivity contribution in [2.45, 2.75) is 340 Å². The maximum atomic E-state index is 13.7. The van der Waals surface area contributed by atoms with Gasteiger partial charge in [0.1, 0.15) is 39.8 Å². The number of ether oxygens (including phenoxy) is 1. The number of aliphatic hydroxyl groups excluding tert-OH is 1. The number of H-pyrrole nitrogens is 1. The van der Waals surface area contributed by atoms with E-state index in [1.807, 2.05) is 72.7 Å². The van der Waals surface area contributed by atoms with Crippen LogP contribution in [0.15, 0.2) is 208 Å². The Morgan fingerprint density at radius 2 is 1.32 bits per heavy atom. The second-order valence-electron chi connectivity index (χ2n) is 48.0. The monoisotopic (exact) mass is 2050 g/mol. The fourth-order valence-corrected chi connectivity index (χ4v) is 21.4. The minimum absolute atomic E-state index is 0. The molecule has 6 aliphatic heterocycles. The Kier molecular flexibility index (Phi) is 40.3. The third-order valence-electron chi connectivity index (χ3n) is 26.8. The van der Waals surface area contributed by atoms with Crippen molar-refractivity contribution >= 4 is 80.3 Å². The van der Waals surface area contributed by atoms with Crippen molar-refractivity contribution < 1.29 is 33.0 Å². The van der Waals surface area contributed by atoms with Crippen LogP contribution in [-0.2, 0) is 55.4 Å². The second kappa shape index (κ2) is 49.2. The number of fused-ring (bicyclic) bond motifs is 7. The molecule has 7 unspecified atom stereocenters. The van der Waals surface area contributed by atoms with Crippen LogP contribution in [0.1, 0.15) is 362 Å². The summed E-state index contributed by atoms with van der Waals surface area (Å²) in [6.45, 7) is 67.9. The maximum Gasteiger partial charge on any atom is 0.331 e. The molecule has 0 radical (unpaired) electrons. The summed E-state index contributed by atoms with van der Waals surface area (Å²) in [5, 5.41) is 44.6. The zero-order chi connectivity index (χ0) is 105. The predicted molar refractivity (Wildman–Crippen MR) is 610 cm³/mol. The molecule has 20 rings (SSSR count). The summed E-state index contributed by atoms with van der Waals surface area (Å²) < 4.78 is 35.2. The van der Waals surface area contributed by atoms with Gasteiger partial charge in [-0.05, 0) is 192 Å². The number of esters is 1. The van der Waals surface area contributed by atoms with Crippen LogP contribution in [-0.4, -0.2) is 111 Å². The first-order chi connectivity index (χ1) is 67.3. The maximum absolute atomic E-state index is 13.7. The number of nitrogens with zero attached hydrogens (tertiary/aromatic N) is 14. The SMILES string of the molecule is C.C.C.C.CC(C)(C)C1CCCc2nc(-c3ccc(F)cc3)sc21.CC(C)(C)C1CCc2ccccc2C1O.CC(C)(C)C1N=CN=C2N=NC=C21.CC(C)(C)c1ccn(C2CCOC2=O)n1.CC(C)(C)c1cnn2cc(C#N)ccc12.CC(C)(C)c1nc2c(s1)C(=O)NC2.CC(C)(C)c1nccc(-c2cc3c(F)cccc3[nH]2)n1.CC1=C(c2ccccc2)C(C(C)(C)C)NC1.CCN1C(=O)C(C(C)(C)C)c2cc(C)ccc21. The average Bonchev–Trinajstić information content (AvgIpc) is 1.60. The molecule has 7 atom stereocenters. The quantitative estimate of drug-likeness (QED) is 0.117. The molecule has 26 heteroatoms. The first kappa shape index (κ1) is 121. The van der Waals surface area contributed by atoms with Crippen molar-refractivity contribution in [3.63, 3.8) is 0 Å². The van der Waals surface area contributed by atoms with E-state index in [0.717, 1.165) is 122 Å². The zero-order valence-corrected chi connectivity index (χ0v) is 92.0. The van der Waals surface area contributed by atoms with E-state index < -0.39 is 0 Å². The number of aromatic nitrogens is 9. The Labute approximate surface area is 889 Å². The zero-order valence-electron chi connectivity index (χ0n) is 90.3. The van der Waals surface area contributed by atoms with Gasteiger partial charge in [-0.3, -0.25) is 19.3 Å². The summed E-state index contributed by atoms with van der Waals surface area (Å²) in [6, 6.07) is 48.9. The number of carbonyl (C=O) groups is 3. The van der Waals surface area contributed by atoms with Gasteiger partial charge in [0.05, 0.1) is 88.2 Å². The number of pyridine rings is 1. The number of rotatable bonds is 5. The molecule has 796 valence electrons. The number of nitriles is 1. The number of aryl methyl sites for hydroxylation is 3. The van der Waals surface area contributed by atoms with E-state index in [-0.39, 0.29) is 132 Å². The Hall–Kier alpha value is -12.0. The largest absolute Gasteiger partial charge is 0.464 e. The van der Waals surface area contributed by atoms with E-state index >= 15 is 0 Å². The molecular weight excluding hydrogens is 1890 g/mol. The number of aliphatic hydroxyl groups is 1. The van der Waals surface area contributed by atoms with Crippen LogP contribution in [0.5, 0.6) is 0 Å². The summed E-state index contributed by atoms with van der Waals surface area (Å²) in [7, 11) is 0. The first-order valence-corrected chi connectivity index (χ1v) is 52.1. The lowest BCUT2D eigenvalue weighted by Crippen LogP contribution is -2.37. The van der Waals surface area contributed by atoms with Crippen molar-refractivity contribution in [3.05, 3.63) is 276 Å². The highest BCUT2D eigenvalue weighted by molar-refractivity contribution is 7.15. The third kappa shape index (κ3) is 29.8. The molecule has 2 amide bonds. The van der Waals surface area contributed by atoms with Gasteiger partial charge < -0.3 is 30.4 Å². The summed E-state index contributed by atoms with van der Waals surface area (Å²) >= 11 is 3.31. The molecule has 7 aromatic heterocycles. The highest BCUT2D eigenvalue weighted by Gasteiger charge is 2.45. The lowest BCUT2D eigenvalue weighted by Gasteiger charge is -2.38. The molecule has 8 aliphatic rings. The first-order valence-electron chi connectivity index (χ1n) is 50.5. The molecule has 0 spiro atoms. The molecular formula is C122H167F2N17O5S2. The van der Waals surface area contributed by atoms with Gasteiger partial charge in [0.2, 0.25) is 5.91 Å². The minimum atomic E-state index is -0.282. The van der Waals surface area contributed by atoms with Crippen LogP contribution in [0.3, 0.4) is 0 Å². The van der Waals surface area contributed by atoms with Crippen LogP contribution >= 0.6 is 22.7 Å². The number of benzene rings is 5. The van der Waals surface area contributed by atoms with Crippen molar-refractivity contribution in [3.8, 4) is 28.0 Å². The lowest BCUT2D eigenvalue weighted by molar-refractivity contribution is -0.140. The molecule has 1 saturated heterocycles. The van der Waals surface area contributed by atoms with E-state index in [1.54, 1.807) is 57.6 Å². The highest BCUT2D eigenvalue weighted by atomic mass is 32.1. The van der Waals surface area contributed by atoms with Gasteiger partial charge in [-0.25, -0.2) is 43.0 Å². The molecule has 0 saturated carbocycles. The topological polar surface area (TPSA) is 284 Å². The smallest absolute Gasteiger partial charge is 0.331 e. The van der Waals surface area contributed by atoms with Gasteiger partial charge in [0, 0.05) is 104 Å². The highest BCUT2D eigenvalue weighted by Crippen LogP contribution is 2.51. The Balaban J connectivity index is 0.000000203. The number of thiazole rings is 2. The van der Waals surface area contributed by atoms with Crippen molar-refractivity contribution in [1.82, 2.24) is 54.9 Å². The van der Waals surface area contributed by atoms with E-state index in [2.05, 4.69) is 335 Å². The van der Waals surface area contributed by atoms with E-state index in [4.69, 9.17) is 15.0 Å². The number of cyclic esters (lactones) is 1. The van der Waals surface area contributed by atoms with Gasteiger partial charge in [0.25, 0.3) is 5.91 Å². The molecule has 0 bridgehead atoms. The second-order valence-corrected chi connectivity index (χ2v) is 50.0. The normalized spacial score (nSPS) is 18.4. The van der Waals surface area contributed by atoms with Crippen LogP contribution in [0.25, 0.3) is 44.0 Å². The van der Waals surface area contributed by atoms with Gasteiger partial charge in [-0.2, -0.15) is 20.6 Å². The van der Waals surface area contributed by atoms with Crippen molar-refractivity contribution in [2.75, 3.05) is 24.6 Å². The van der Waals surface area contributed by atoms with Gasteiger partial charge in [0.15, 0.2) is 11.9 Å². The van der Waals surface area contributed by atoms with E-state index in [9.17, 15) is 28.3 Å². The Bertz CT molecular complexity index is 6740. The molecule has 2 aliphatic carbocycles. The number of amidine groups is 1. The third-order valence-corrected chi connectivity index (χ3v) is 29.6. The Morgan fingerprint density at radius 3 is 1.91 bits per heavy atom. The molecule has 148 heavy (non-hydrogen) atoms. The van der Waals surface area contributed by atoms with Crippen molar-refractivity contribution in [2.24, 2.45) is 53.2 Å². The van der Waals surface area contributed by atoms with Gasteiger partial charge in [-0.15, -0.1) is 27.8 Å². The van der Waals surface area contributed by atoms with E-state index in [1.165, 1.54) is 91.9 Å². The summed E-state index contributed by atoms with van der Waals surface area (Å²) in [5.41, 5.74) is 21.7. The average molecular weight is 2050 g/mol. The molecule has 12 aromatic rings. The number of aliphatic imine (C=N–C) groups is 2. The number of amides is 2. The molecule has 4 N–H and O–H groups in total. The van der Waals surface area contributed by atoms with Gasteiger partial charge >= 0.3 is 5.97 Å². The minimum Gasteiger partial charge on any atom is -0.464 e. The summed E-state index contributed by atoms with van der Waals surface area (Å²) in [6.07, 6.45) is 16.8. The molecule has 5 aromatic carbocycles. The van der Waals surface area contributed by atoms with Crippen LogP contribution in [0, 0.1) is 62.9 Å². The molecule has 1 fully saturated rings. The van der Waals surface area contributed by atoms with Gasteiger partial charge in [-0.1, -0.05) is 301 Å². The predicted octanol–water partition coefficient (Wildman–Crippen LogP) is 30.4. The number of nitrogens with one attached hydrogen (secondary N) is 3. The number of anilines is 1. The molecule has 22 nitrogen and oxygen atoms in total. The number of carbonyl (C=O) groups excluding carboxylic acids is 3. The number of likely N-dealkylation sites (N-methyl/N-ethyl adjacent to an activating group) is 1. The van der Waals surface area contributed by atoms with Crippen LogP contribution < -0.4 is 15.5 Å². The number of hydrogen-bond acceptors (Lipinski definition) is 19. The number of hydrogen-bond donors (Lipinski definition) is 4. The summed E-state index contributed by atoms with van der Waals surface area (Å²) in [4.78, 5) is 69.0.